The molecule has 0 amide bonds. The summed E-state index contributed by atoms with van der Waals surface area (Å²) >= 11 is 1.44. The van der Waals surface area contributed by atoms with Crippen LogP contribution in [0, 0.1) is 11.3 Å². The predicted molar refractivity (Wildman–Crippen MR) is 128 cm³/mol. The molecule has 1 aliphatic carbocycles. The maximum Gasteiger partial charge on any atom is 0.224 e. The van der Waals surface area contributed by atoms with Gasteiger partial charge in [-0.1, -0.05) is 0 Å². The lowest BCUT2D eigenvalue weighted by atomic mass is 9.70. The summed E-state index contributed by atoms with van der Waals surface area (Å²) in [6.07, 6.45) is 7.59. The Labute approximate surface area is 198 Å². The number of nitrogen functional groups attached to an aromatic ring is 1. The van der Waals surface area contributed by atoms with Crippen molar-refractivity contribution < 1.29 is 9.53 Å². The number of hydrogen-bond donors (Lipinski definition) is 2. The molecule has 8 nitrogen and oxygen atoms in total. The molecule has 0 radical (unpaired) electrons. The van der Waals surface area contributed by atoms with Crippen LogP contribution in [0.25, 0.3) is 0 Å². The van der Waals surface area contributed by atoms with Crippen molar-refractivity contribution in [3.8, 4) is 11.9 Å². The van der Waals surface area contributed by atoms with E-state index in [9.17, 15) is 10.1 Å². The largest absolute Gasteiger partial charge is 0.473 e. The van der Waals surface area contributed by atoms with E-state index in [0.717, 1.165) is 49.1 Å². The molecule has 2 aliphatic rings. The predicted octanol–water partition coefficient (Wildman–Crippen LogP) is 3.17. The zero-order chi connectivity index (χ0) is 23.8. The van der Waals surface area contributed by atoms with Gasteiger partial charge in [0.05, 0.1) is 5.56 Å². The number of carbonyl (C=O) groups is 1. The van der Waals surface area contributed by atoms with Crippen LogP contribution in [0.2, 0.25) is 0 Å². The molecule has 4 rings (SSSR count). The van der Waals surface area contributed by atoms with E-state index in [2.05, 4.69) is 28.0 Å². The van der Waals surface area contributed by atoms with Gasteiger partial charge in [-0.15, -0.1) is 11.3 Å². The number of nitrogens with zero attached hydrogens (tertiary/aromatic N) is 4. The summed E-state index contributed by atoms with van der Waals surface area (Å²) in [5.74, 6) is 0.0164. The van der Waals surface area contributed by atoms with Crippen molar-refractivity contribution in [1.29, 1.82) is 5.26 Å². The summed E-state index contributed by atoms with van der Waals surface area (Å²) in [6, 6.07) is 4.21. The van der Waals surface area contributed by atoms with Gasteiger partial charge in [0.15, 0.2) is 0 Å². The van der Waals surface area contributed by atoms with E-state index in [1.165, 1.54) is 23.6 Å². The minimum atomic E-state index is -0.641. The summed E-state index contributed by atoms with van der Waals surface area (Å²) in [4.78, 5) is 24.9. The number of hydrogen-bond acceptors (Lipinski definition) is 9. The Morgan fingerprint density at radius 2 is 2.27 bits per heavy atom. The lowest BCUT2D eigenvalue weighted by Crippen LogP contribution is -2.38. The summed E-state index contributed by atoms with van der Waals surface area (Å²) in [7, 11) is 2.09. The molecule has 1 aliphatic heterocycles. The summed E-state index contributed by atoms with van der Waals surface area (Å²) in [5.41, 5.74) is 13.6. The second kappa shape index (κ2) is 9.12. The molecule has 0 aromatic carbocycles. The molecule has 0 spiro atoms. The van der Waals surface area contributed by atoms with Gasteiger partial charge in [0, 0.05) is 40.4 Å². The lowest BCUT2D eigenvalue weighted by molar-refractivity contribution is 0.102. The van der Waals surface area contributed by atoms with Crippen molar-refractivity contribution >= 4 is 22.1 Å². The average Bonchev–Trinajstić information content (AvgIpc) is 3.36. The van der Waals surface area contributed by atoms with Gasteiger partial charge in [-0.3, -0.25) is 9.69 Å². The van der Waals surface area contributed by atoms with Crippen molar-refractivity contribution in [2.24, 2.45) is 5.73 Å². The van der Waals surface area contributed by atoms with Crippen LogP contribution >= 0.6 is 11.3 Å². The van der Waals surface area contributed by atoms with Crippen molar-refractivity contribution in [3.05, 3.63) is 45.9 Å². The number of nitriles is 1. The van der Waals surface area contributed by atoms with Gasteiger partial charge in [-0.2, -0.15) is 10.2 Å². The number of ketones is 1. The Bertz CT molecular complexity index is 1140. The first-order valence-electron chi connectivity index (χ1n) is 11.3. The van der Waals surface area contributed by atoms with Crippen molar-refractivity contribution in [2.45, 2.75) is 63.5 Å². The van der Waals surface area contributed by atoms with Crippen LogP contribution in [0.5, 0.6) is 5.88 Å². The molecule has 3 atom stereocenters. The first kappa shape index (κ1) is 23.2. The van der Waals surface area contributed by atoms with E-state index >= 15 is 0 Å². The topological polar surface area (TPSA) is 131 Å². The highest BCUT2D eigenvalue weighted by molar-refractivity contribution is 7.16. The number of carbonyl (C=O) groups excluding carboxylic acids is 1. The van der Waals surface area contributed by atoms with Crippen LogP contribution in [-0.2, 0) is 11.8 Å². The van der Waals surface area contributed by atoms with E-state index in [1.807, 2.05) is 13.8 Å². The Hall–Kier alpha value is -2.96. The highest BCUT2D eigenvalue weighted by Crippen LogP contribution is 2.47. The van der Waals surface area contributed by atoms with E-state index in [1.54, 1.807) is 6.07 Å². The molecule has 2 aromatic heterocycles. The SMILES string of the molecule is C[C@H](Oc1ccnc(C(=O)C=C(N)[C@@]2(C)CCCc3sc(N)c(C#N)c32)n1)[C@@H]1CCCN1C. The number of allylic oxidation sites excluding steroid dienone is 2. The molecule has 174 valence electrons. The number of thiophene rings is 1. The zero-order valence-corrected chi connectivity index (χ0v) is 20.1. The Morgan fingerprint density at radius 1 is 1.48 bits per heavy atom. The second-order valence-corrected chi connectivity index (χ2v) is 10.3. The molecule has 2 aromatic rings. The highest BCUT2D eigenvalue weighted by atomic mass is 32.1. The Kier molecular flexibility index (Phi) is 6.41. The molecule has 0 unspecified atom stereocenters. The Balaban J connectivity index is 1.57. The molecular formula is C24H30N6O2S. The number of anilines is 1. The third kappa shape index (κ3) is 4.33. The standard InChI is InChI=1S/C24H30N6O2S/c1-14(16-6-5-11-30(16)3)32-20-8-10-28-23(29-20)17(31)12-19(26)24(2)9-4-7-18-21(24)15(13-25)22(27)33-18/h8,10,12,14,16H,4-7,9,11,26-27H2,1-3H3/t14-,16-,24+/m0/s1. The fourth-order valence-corrected chi connectivity index (χ4v) is 6.26. The number of likely N-dealkylation sites (N-methyl/N-ethyl adjacent to an activating group) is 1. The van der Waals surface area contributed by atoms with E-state index in [-0.39, 0.29) is 11.9 Å². The Morgan fingerprint density at radius 3 is 2.97 bits per heavy atom. The van der Waals surface area contributed by atoms with Crippen molar-refractivity contribution in [1.82, 2.24) is 14.9 Å². The molecule has 0 bridgehead atoms. The van der Waals surface area contributed by atoms with Gasteiger partial charge in [0.25, 0.3) is 0 Å². The van der Waals surface area contributed by atoms with E-state index in [0.29, 0.717) is 28.2 Å². The molecule has 1 saturated heterocycles. The monoisotopic (exact) mass is 466 g/mol. The average molecular weight is 467 g/mol. The smallest absolute Gasteiger partial charge is 0.224 e. The summed E-state index contributed by atoms with van der Waals surface area (Å²) in [5, 5.41) is 10.2. The zero-order valence-electron chi connectivity index (χ0n) is 19.3. The van der Waals surface area contributed by atoms with Gasteiger partial charge in [-0.05, 0) is 65.1 Å². The number of aromatic nitrogens is 2. The lowest BCUT2D eigenvalue weighted by Gasteiger charge is -2.35. The summed E-state index contributed by atoms with van der Waals surface area (Å²) < 4.78 is 6.03. The fourth-order valence-electron chi connectivity index (χ4n) is 5.07. The molecule has 0 saturated carbocycles. The number of ether oxygens (including phenoxy) is 1. The van der Waals surface area contributed by atoms with Gasteiger partial charge in [-0.25, -0.2) is 4.98 Å². The minimum absolute atomic E-state index is 0.0346. The molecule has 9 heteroatoms. The summed E-state index contributed by atoms with van der Waals surface area (Å²) in [6.45, 7) is 5.05. The van der Waals surface area contributed by atoms with Gasteiger partial charge in [0.2, 0.25) is 17.5 Å². The van der Waals surface area contributed by atoms with Crippen LogP contribution in [0.4, 0.5) is 5.00 Å². The van der Waals surface area contributed by atoms with Gasteiger partial charge < -0.3 is 16.2 Å². The van der Waals surface area contributed by atoms with Crippen molar-refractivity contribution in [2.75, 3.05) is 19.3 Å². The first-order valence-corrected chi connectivity index (χ1v) is 12.1. The van der Waals surface area contributed by atoms with Crippen LogP contribution < -0.4 is 16.2 Å². The number of nitrogens with two attached hydrogens (primary N) is 2. The quantitative estimate of drug-likeness (QED) is 0.490. The number of likely N-dealkylation sites (tertiary alicyclic amines) is 1. The van der Waals surface area contributed by atoms with E-state index < -0.39 is 11.2 Å². The maximum atomic E-state index is 13.0. The number of fused-ring (bicyclic) bond motifs is 1. The molecule has 33 heavy (non-hydrogen) atoms. The third-order valence-corrected chi connectivity index (χ3v) is 8.03. The number of rotatable bonds is 6. The van der Waals surface area contributed by atoms with Crippen LogP contribution in [0.3, 0.4) is 0 Å². The molecule has 1 fully saturated rings. The molecule has 4 N–H and O–H groups in total. The van der Waals surface area contributed by atoms with Crippen molar-refractivity contribution in [3.63, 3.8) is 0 Å². The van der Waals surface area contributed by atoms with E-state index in [4.69, 9.17) is 16.2 Å². The second-order valence-electron chi connectivity index (χ2n) is 9.13. The van der Waals surface area contributed by atoms with Crippen LogP contribution in [0.1, 0.15) is 66.2 Å². The maximum absolute atomic E-state index is 13.0. The molecular weight excluding hydrogens is 436 g/mol. The van der Waals surface area contributed by atoms with Crippen LogP contribution in [-0.4, -0.2) is 46.4 Å². The number of aryl methyl sites for hydroxylation is 1. The van der Waals surface area contributed by atoms with Gasteiger partial charge in [0.1, 0.15) is 17.2 Å². The fraction of sp³-hybridized carbons (Fsp3) is 0.500. The normalized spacial score (nSPS) is 24.2. The molecule has 3 heterocycles. The first-order chi connectivity index (χ1) is 15.7. The van der Waals surface area contributed by atoms with Gasteiger partial charge >= 0.3 is 0 Å². The van der Waals surface area contributed by atoms with Crippen LogP contribution in [0.15, 0.2) is 24.0 Å². The third-order valence-electron chi connectivity index (χ3n) is 6.95. The minimum Gasteiger partial charge on any atom is -0.473 e. The highest BCUT2D eigenvalue weighted by Gasteiger charge is 2.39.